The van der Waals surface area contributed by atoms with Gasteiger partial charge in [-0.05, 0) is 64.7 Å². The van der Waals surface area contributed by atoms with Gasteiger partial charge >= 0.3 is 12.1 Å². The average molecular weight is 673 g/mol. The lowest BCUT2D eigenvalue weighted by Crippen LogP contribution is -2.48. The van der Waals surface area contributed by atoms with Crippen molar-refractivity contribution in [2.45, 2.75) is 30.0 Å². The second-order valence-corrected chi connectivity index (χ2v) is 12.6. The fourth-order valence-corrected chi connectivity index (χ4v) is 7.03. The quantitative estimate of drug-likeness (QED) is 0.163. The van der Waals surface area contributed by atoms with E-state index in [1.54, 1.807) is 42.5 Å². The first-order valence-corrected chi connectivity index (χ1v) is 15.9. The van der Waals surface area contributed by atoms with Crippen LogP contribution in [0.15, 0.2) is 95.9 Å². The molecule has 46 heavy (non-hydrogen) atoms. The maximum absolute atomic E-state index is 13.9. The Hall–Kier alpha value is -4.55. The molecule has 0 spiro atoms. The molecule has 0 aromatic heterocycles. The van der Waals surface area contributed by atoms with E-state index in [2.05, 4.69) is 10.1 Å². The molecule has 0 bridgehead atoms. The number of sulfonamides is 1. The number of amides is 1. The number of anilines is 1. The number of fused-ring (bicyclic) bond motifs is 1. The van der Waals surface area contributed by atoms with Crippen LogP contribution in [-0.2, 0) is 43.4 Å². The van der Waals surface area contributed by atoms with Crippen LogP contribution in [0.5, 0.6) is 5.75 Å². The SMILES string of the molecule is COC(=O)Cc1ccc(OCCNC(=O)[C@@H]2Cc3ccccc3N2S(=O)(=O)c2ccc(-c3cccc(C(F)(F)F)c3)cc2)c(Cl)c1. The molecule has 1 amide bonds. The van der Waals surface area contributed by atoms with Gasteiger partial charge in [-0.15, -0.1) is 0 Å². The summed E-state index contributed by atoms with van der Waals surface area (Å²) in [5.74, 6) is -0.608. The summed E-state index contributed by atoms with van der Waals surface area (Å²) >= 11 is 6.27. The first kappa shape index (κ1) is 32.8. The van der Waals surface area contributed by atoms with Crippen LogP contribution in [0, 0.1) is 0 Å². The summed E-state index contributed by atoms with van der Waals surface area (Å²) in [4.78, 5) is 24.7. The van der Waals surface area contributed by atoms with Crippen LogP contribution in [-0.4, -0.2) is 46.6 Å². The number of hydrogen-bond donors (Lipinski definition) is 1. The average Bonchev–Trinajstić information content (AvgIpc) is 3.44. The Morgan fingerprint density at radius 2 is 1.70 bits per heavy atom. The summed E-state index contributed by atoms with van der Waals surface area (Å²) in [6, 6.07) is 20.8. The highest BCUT2D eigenvalue weighted by molar-refractivity contribution is 7.93. The van der Waals surface area contributed by atoms with Gasteiger partial charge < -0.3 is 14.8 Å². The molecular weight excluding hydrogens is 645 g/mol. The molecule has 0 aliphatic carbocycles. The minimum atomic E-state index is -4.52. The summed E-state index contributed by atoms with van der Waals surface area (Å²) in [5, 5.41) is 3.00. The molecule has 8 nitrogen and oxygen atoms in total. The van der Waals surface area contributed by atoms with Crippen molar-refractivity contribution in [1.82, 2.24) is 5.32 Å². The highest BCUT2D eigenvalue weighted by Gasteiger charge is 2.42. The van der Waals surface area contributed by atoms with E-state index in [-0.39, 0.29) is 41.5 Å². The number of para-hydroxylation sites is 1. The van der Waals surface area contributed by atoms with E-state index >= 15 is 0 Å². The number of carbonyl (C=O) groups excluding carboxylic acids is 2. The Morgan fingerprint density at radius 3 is 2.39 bits per heavy atom. The predicted molar refractivity (Wildman–Crippen MR) is 166 cm³/mol. The molecule has 0 unspecified atom stereocenters. The fraction of sp³-hybridized carbons (Fsp3) is 0.212. The number of methoxy groups -OCH3 is 1. The molecule has 0 fully saturated rings. The van der Waals surface area contributed by atoms with Gasteiger partial charge in [0.05, 0.1) is 41.2 Å². The lowest BCUT2D eigenvalue weighted by atomic mass is 10.0. The highest BCUT2D eigenvalue weighted by atomic mass is 35.5. The van der Waals surface area contributed by atoms with Gasteiger partial charge in [0.1, 0.15) is 18.4 Å². The van der Waals surface area contributed by atoms with E-state index in [9.17, 15) is 31.2 Å². The number of carbonyl (C=O) groups is 2. The van der Waals surface area contributed by atoms with Gasteiger partial charge in [-0.3, -0.25) is 13.9 Å². The molecule has 0 radical (unpaired) electrons. The Morgan fingerprint density at radius 1 is 0.957 bits per heavy atom. The molecule has 1 N–H and O–H groups in total. The third-order valence-electron chi connectivity index (χ3n) is 7.39. The van der Waals surface area contributed by atoms with Gasteiger partial charge in [0.25, 0.3) is 10.0 Å². The third-order valence-corrected chi connectivity index (χ3v) is 9.53. The zero-order chi connectivity index (χ0) is 33.1. The summed E-state index contributed by atoms with van der Waals surface area (Å²) in [5.41, 5.74) is 1.54. The number of halogens is 4. The van der Waals surface area contributed by atoms with Crippen molar-refractivity contribution in [3.8, 4) is 16.9 Å². The molecule has 0 saturated carbocycles. The predicted octanol–water partition coefficient (Wildman–Crippen LogP) is 6.06. The monoisotopic (exact) mass is 672 g/mol. The number of esters is 1. The minimum absolute atomic E-state index is 0.0330. The van der Waals surface area contributed by atoms with Crippen molar-refractivity contribution < 1.29 is 40.7 Å². The largest absolute Gasteiger partial charge is 0.490 e. The van der Waals surface area contributed by atoms with Crippen molar-refractivity contribution in [2.75, 3.05) is 24.6 Å². The van der Waals surface area contributed by atoms with Crippen LogP contribution in [0.4, 0.5) is 18.9 Å². The van der Waals surface area contributed by atoms with E-state index in [1.165, 1.54) is 43.5 Å². The van der Waals surface area contributed by atoms with Gasteiger partial charge in [-0.1, -0.05) is 60.1 Å². The van der Waals surface area contributed by atoms with Crippen LogP contribution in [0.25, 0.3) is 11.1 Å². The Balaban J connectivity index is 1.29. The lowest BCUT2D eigenvalue weighted by Gasteiger charge is -2.26. The van der Waals surface area contributed by atoms with Crippen LogP contribution >= 0.6 is 11.6 Å². The molecule has 1 aliphatic heterocycles. The number of ether oxygens (including phenoxy) is 2. The Kier molecular flexibility index (Phi) is 9.59. The number of benzene rings is 4. The molecule has 5 rings (SSSR count). The van der Waals surface area contributed by atoms with Crippen molar-refractivity contribution in [3.05, 3.63) is 113 Å². The van der Waals surface area contributed by atoms with Gasteiger partial charge in [0.2, 0.25) is 5.91 Å². The van der Waals surface area contributed by atoms with Crippen molar-refractivity contribution in [3.63, 3.8) is 0 Å². The van der Waals surface area contributed by atoms with Crippen molar-refractivity contribution in [1.29, 1.82) is 0 Å². The first-order chi connectivity index (χ1) is 21.9. The summed E-state index contributed by atoms with van der Waals surface area (Å²) in [6.07, 6.45) is -4.33. The number of hydrogen-bond acceptors (Lipinski definition) is 6. The van der Waals surface area contributed by atoms with Gasteiger partial charge in [0.15, 0.2) is 0 Å². The maximum atomic E-state index is 13.9. The fourth-order valence-electron chi connectivity index (χ4n) is 5.12. The zero-order valence-corrected chi connectivity index (χ0v) is 26.0. The number of nitrogens with zero attached hydrogens (tertiary/aromatic N) is 1. The van der Waals surface area contributed by atoms with E-state index in [0.29, 0.717) is 28.1 Å². The molecule has 0 saturated heterocycles. The summed E-state index contributed by atoms with van der Waals surface area (Å²) < 4.78 is 78.9. The second-order valence-electron chi connectivity index (χ2n) is 10.4. The molecular formula is C33H28ClF3N2O6S. The number of nitrogens with one attached hydrogen (secondary N) is 1. The van der Waals surface area contributed by atoms with E-state index in [0.717, 1.165) is 16.4 Å². The van der Waals surface area contributed by atoms with Crippen LogP contribution in [0.1, 0.15) is 16.7 Å². The lowest BCUT2D eigenvalue weighted by molar-refractivity contribution is -0.140. The van der Waals surface area contributed by atoms with Gasteiger partial charge in [0, 0.05) is 6.42 Å². The molecule has 13 heteroatoms. The Labute approximate surface area is 268 Å². The molecule has 4 aromatic carbocycles. The van der Waals surface area contributed by atoms with E-state index in [1.807, 2.05) is 0 Å². The second kappa shape index (κ2) is 13.4. The van der Waals surface area contributed by atoms with E-state index in [4.69, 9.17) is 16.3 Å². The van der Waals surface area contributed by atoms with Crippen LogP contribution in [0.3, 0.4) is 0 Å². The third kappa shape index (κ3) is 7.13. The number of alkyl halides is 3. The van der Waals surface area contributed by atoms with Crippen molar-refractivity contribution in [2.24, 2.45) is 0 Å². The first-order valence-electron chi connectivity index (χ1n) is 14.0. The molecule has 1 heterocycles. The molecule has 1 atom stereocenters. The molecule has 240 valence electrons. The molecule has 4 aromatic rings. The zero-order valence-electron chi connectivity index (χ0n) is 24.4. The van der Waals surface area contributed by atoms with Crippen molar-refractivity contribution >= 4 is 39.2 Å². The smallest absolute Gasteiger partial charge is 0.416 e. The Bertz CT molecular complexity index is 1870. The summed E-state index contributed by atoms with van der Waals surface area (Å²) in [6.45, 7) is 0.0801. The molecule has 1 aliphatic rings. The summed E-state index contributed by atoms with van der Waals surface area (Å²) in [7, 11) is -2.97. The minimum Gasteiger partial charge on any atom is -0.490 e. The standard InChI is InChI=1S/C33H28ClF3N2O6S/c1-44-31(40)18-21-9-14-30(27(34)17-21)45-16-15-38-32(41)29-20-24-5-2-3-8-28(24)39(29)46(42,43)26-12-10-22(11-13-26)23-6-4-7-25(19-23)33(35,36)37/h2-14,17,19,29H,15-16,18,20H2,1H3,(H,38,41)/t29-/m0/s1. The maximum Gasteiger partial charge on any atom is 0.416 e. The highest BCUT2D eigenvalue weighted by Crippen LogP contribution is 2.38. The number of rotatable bonds is 10. The van der Waals surface area contributed by atoms with Gasteiger partial charge in [-0.2, -0.15) is 13.2 Å². The van der Waals surface area contributed by atoms with Gasteiger partial charge in [-0.25, -0.2) is 8.42 Å². The topological polar surface area (TPSA) is 102 Å². The van der Waals surface area contributed by atoms with Crippen LogP contribution in [0.2, 0.25) is 5.02 Å². The van der Waals surface area contributed by atoms with Crippen LogP contribution < -0.4 is 14.4 Å². The normalized spacial score (nSPS) is 14.5. The van der Waals surface area contributed by atoms with E-state index < -0.39 is 39.7 Å².